The molecule has 1 aromatic rings. The van der Waals surface area contributed by atoms with Crippen molar-refractivity contribution in [3.63, 3.8) is 0 Å². The van der Waals surface area contributed by atoms with E-state index in [9.17, 15) is 23.2 Å². The molecular weight excluding hydrogens is 378 g/mol. The van der Waals surface area contributed by atoms with Crippen molar-refractivity contribution in [1.82, 2.24) is 5.32 Å². The van der Waals surface area contributed by atoms with Crippen molar-refractivity contribution in [2.75, 3.05) is 11.9 Å². The summed E-state index contributed by atoms with van der Waals surface area (Å²) < 4.78 is 39.1. The summed E-state index contributed by atoms with van der Waals surface area (Å²) in [6.45, 7) is 3.34. The molecule has 0 aliphatic heterocycles. The van der Waals surface area contributed by atoms with E-state index < -0.39 is 36.3 Å². The predicted molar refractivity (Wildman–Crippen MR) is 96.1 cm³/mol. The van der Waals surface area contributed by atoms with E-state index in [2.05, 4.69) is 15.4 Å². The number of benzene rings is 1. The van der Waals surface area contributed by atoms with Gasteiger partial charge in [0.2, 0.25) is 0 Å². The van der Waals surface area contributed by atoms with Crippen molar-refractivity contribution in [3.8, 4) is 5.75 Å². The number of carbonyl (C=O) groups is 3. The molecule has 0 aliphatic rings. The smallest absolute Gasteiger partial charge is 0.407 e. The SMILES string of the molecule is CC(OC(=O)CCNC(=O)OC(C)(C)C)C(=O)Nc1ccccc1OC(F)F. The van der Waals surface area contributed by atoms with Crippen LogP contribution in [0.2, 0.25) is 0 Å². The van der Waals surface area contributed by atoms with Gasteiger partial charge in [-0.3, -0.25) is 9.59 Å². The Labute approximate surface area is 161 Å². The molecule has 0 heterocycles. The number of ether oxygens (including phenoxy) is 3. The zero-order valence-electron chi connectivity index (χ0n) is 16.1. The van der Waals surface area contributed by atoms with E-state index in [1.807, 2.05) is 0 Å². The molecule has 10 heteroatoms. The van der Waals surface area contributed by atoms with Crippen molar-refractivity contribution < 1.29 is 37.4 Å². The molecule has 0 aliphatic carbocycles. The lowest BCUT2D eigenvalue weighted by molar-refractivity contribution is -0.153. The minimum Gasteiger partial charge on any atom is -0.452 e. The molecule has 0 spiro atoms. The van der Waals surface area contributed by atoms with Crippen molar-refractivity contribution in [1.29, 1.82) is 0 Å². The van der Waals surface area contributed by atoms with E-state index >= 15 is 0 Å². The molecule has 1 aromatic carbocycles. The van der Waals surface area contributed by atoms with Crippen molar-refractivity contribution in [3.05, 3.63) is 24.3 Å². The zero-order chi connectivity index (χ0) is 21.3. The van der Waals surface area contributed by atoms with Gasteiger partial charge in [0, 0.05) is 6.54 Å². The number of alkyl halides is 2. The van der Waals surface area contributed by atoms with Gasteiger partial charge in [0.1, 0.15) is 11.4 Å². The Morgan fingerprint density at radius 1 is 1.14 bits per heavy atom. The standard InChI is InChI=1S/C18H24F2N2O6/c1-11(26-14(23)9-10-21-17(25)28-18(2,3)4)15(24)22-12-7-5-6-8-13(12)27-16(19)20/h5-8,11,16H,9-10H2,1-4H3,(H,21,25)(H,22,24). The second-order valence-electron chi connectivity index (χ2n) is 6.67. The highest BCUT2D eigenvalue weighted by Gasteiger charge is 2.20. The summed E-state index contributed by atoms with van der Waals surface area (Å²) in [5, 5.41) is 4.74. The molecule has 1 atom stereocenters. The summed E-state index contributed by atoms with van der Waals surface area (Å²) in [5.74, 6) is -1.67. The Morgan fingerprint density at radius 2 is 1.79 bits per heavy atom. The number of hydrogen-bond acceptors (Lipinski definition) is 6. The summed E-state index contributed by atoms with van der Waals surface area (Å²) in [6.07, 6.45) is -2.04. The lowest BCUT2D eigenvalue weighted by atomic mass is 10.2. The molecule has 1 unspecified atom stereocenters. The number of esters is 1. The number of alkyl carbamates (subject to hydrolysis) is 1. The minimum absolute atomic E-state index is 0.0160. The summed E-state index contributed by atoms with van der Waals surface area (Å²) in [4.78, 5) is 35.3. The van der Waals surface area contributed by atoms with Crippen LogP contribution in [0.25, 0.3) is 0 Å². The van der Waals surface area contributed by atoms with Crippen LogP contribution in [0.4, 0.5) is 19.3 Å². The molecule has 2 N–H and O–H groups in total. The van der Waals surface area contributed by atoms with Crippen molar-refractivity contribution in [2.24, 2.45) is 0 Å². The fourth-order valence-corrected chi connectivity index (χ4v) is 1.89. The summed E-state index contributed by atoms with van der Waals surface area (Å²) in [7, 11) is 0. The van der Waals surface area contributed by atoms with Crippen LogP contribution in [0, 0.1) is 0 Å². The third-order valence-electron chi connectivity index (χ3n) is 3.04. The average Bonchev–Trinajstić information content (AvgIpc) is 2.54. The van der Waals surface area contributed by atoms with E-state index in [1.54, 1.807) is 20.8 Å². The monoisotopic (exact) mass is 402 g/mol. The number of anilines is 1. The van der Waals surface area contributed by atoms with E-state index in [4.69, 9.17) is 9.47 Å². The Hall–Kier alpha value is -2.91. The van der Waals surface area contributed by atoms with Crippen LogP contribution >= 0.6 is 0 Å². The number of hydrogen-bond donors (Lipinski definition) is 2. The molecule has 0 fully saturated rings. The second-order valence-corrected chi connectivity index (χ2v) is 6.67. The summed E-state index contributed by atoms with van der Waals surface area (Å²) in [6, 6.07) is 5.62. The molecule has 1 rings (SSSR count). The molecule has 0 saturated heterocycles. The van der Waals surface area contributed by atoms with Gasteiger partial charge in [-0.15, -0.1) is 0 Å². The maximum Gasteiger partial charge on any atom is 0.407 e. The van der Waals surface area contributed by atoms with Gasteiger partial charge in [-0.1, -0.05) is 12.1 Å². The van der Waals surface area contributed by atoms with Crippen molar-refractivity contribution >= 4 is 23.7 Å². The Morgan fingerprint density at radius 3 is 2.39 bits per heavy atom. The maximum atomic E-state index is 12.4. The number of rotatable bonds is 8. The lowest BCUT2D eigenvalue weighted by Gasteiger charge is -2.19. The molecule has 8 nitrogen and oxygen atoms in total. The first-order chi connectivity index (χ1) is 13.0. The fraction of sp³-hybridized carbons (Fsp3) is 0.500. The van der Waals surface area contributed by atoms with E-state index in [-0.39, 0.29) is 24.4 Å². The number of carbonyl (C=O) groups excluding carboxylic acids is 3. The normalized spacial score (nSPS) is 12.1. The van der Waals surface area contributed by atoms with E-state index in [0.717, 1.165) is 0 Å². The van der Waals surface area contributed by atoms with E-state index in [0.29, 0.717) is 0 Å². The maximum absolute atomic E-state index is 12.4. The number of nitrogens with one attached hydrogen (secondary N) is 2. The third kappa shape index (κ3) is 9.15. The first kappa shape index (κ1) is 23.1. The Balaban J connectivity index is 2.46. The second kappa shape index (κ2) is 10.4. The number of para-hydroxylation sites is 2. The molecule has 0 aromatic heterocycles. The van der Waals surface area contributed by atoms with Crippen LogP contribution in [0.5, 0.6) is 5.75 Å². The summed E-state index contributed by atoms with van der Waals surface area (Å²) in [5.41, 5.74) is -0.649. The molecule has 28 heavy (non-hydrogen) atoms. The fourth-order valence-electron chi connectivity index (χ4n) is 1.89. The Kier molecular flexibility index (Phi) is 8.62. The van der Waals surface area contributed by atoms with Gasteiger partial charge in [-0.25, -0.2) is 4.79 Å². The van der Waals surface area contributed by atoms with Crippen LogP contribution in [-0.2, 0) is 19.1 Å². The quantitative estimate of drug-likeness (QED) is 0.648. The number of halogens is 2. The average molecular weight is 402 g/mol. The molecule has 0 radical (unpaired) electrons. The third-order valence-corrected chi connectivity index (χ3v) is 3.04. The zero-order valence-corrected chi connectivity index (χ0v) is 16.1. The van der Waals surface area contributed by atoms with Gasteiger partial charge < -0.3 is 24.8 Å². The predicted octanol–water partition coefficient (Wildman–Crippen LogP) is 3.07. The highest BCUT2D eigenvalue weighted by molar-refractivity contribution is 5.96. The van der Waals surface area contributed by atoms with Crippen LogP contribution in [0.1, 0.15) is 34.1 Å². The highest BCUT2D eigenvalue weighted by atomic mass is 19.3. The molecular formula is C18H24F2N2O6. The van der Waals surface area contributed by atoms with Crippen molar-refractivity contribution in [2.45, 2.75) is 52.4 Å². The molecule has 0 bridgehead atoms. The largest absolute Gasteiger partial charge is 0.452 e. The van der Waals surface area contributed by atoms with Gasteiger partial charge in [-0.2, -0.15) is 8.78 Å². The van der Waals surface area contributed by atoms with E-state index in [1.165, 1.54) is 31.2 Å². The van der Waals surface area contributed by atoms with Gasteiger partial charge in [-0.05, 0) is 39.8 Å². The number of amides is 2. The topological polar surface area (TPSA) is 103 Å². The van der Waals surface area contributed by atoms with Gasteiger partial charge in [0.05, 0.1) is 12.1 Å². The molecule has 2 amide bonds. The lowest BCUT2D eigenvalue weighted by Crippen LogP contribution is -2.35. The van der Waals surface area contributed by atoms with Crippen LogP contribution in [0.3, 0.4) is 0 Å². The molecule has 156 valence electrons. The van der Waals surface area contributed by atoms with Crippen LogP contribution in [0.15, 0.2) is 24.3 Å². The summed E-state index contributed by atoms with van der Waals surface area (Å²) >= 11 is 0. The molecule has 0 saturated carbocycles. The van der Waals surface area contributed by atoms with Gasteiger partial charge in [0.25, 0.3) is 5.91 Å². The van der Waals surface area contributed by atoms with Crippen LogP contribution < -0.4 is 15.4 Å². The van der Waals surface area contributed by atoms with Crippen LogP contribution in [-0.4, -0.2) is 42.8 Å². The van der Waals surface area contributed by atoms with Gasteiger partial charge in [0.15, 0.2) is 6.10 Å². The first-order valence-electron chi connectivity index (χ1n) is 8.49. The highest BCUT2D eigenvalue weighted by Crippen LogP contribution is 2.25. The Bertz CT molecular complexity index is 691. The first-order valence-corrected chi connectivity index (χ1v) is 8.49. The van der Waals surface area contributed by atoms with Gasteiger partial charge >= 0.3 is 18.7 Å². The minimum atomic E-state index is -3.05.